The number of nitrogens with zero attached hydrogens (tertiary/aromatic N) is 2. The number of fused-ring (bicyclic) bond motifs is 1. The van der Waals surface area contributed by atoms with Gasteiger partial charge in [-0.25, -0.2) is 18.6 Å². The largest absolute Gasteiger partial charge is 0.444 e. The van der Waals surface area contributed by atoms with Crippen molar-refractivity contribution in [1.29, 1.82) is 0 Å². The van der Waals surface area contributed by atoms with Crippen LogP contribution in [-0.4, -0.2) is 21.6 Å². The Balaban J connectivity index is 2.27. The molecule has 1 aliphatic heterocycles. The molecule has 0 spiro atoms. The topological polar surface area (TPSA) is 42.4 Å². The van der Waals surface area contributed by atoms with E-state index in [-0.39, 0.29) is 18.1 Å². The van der Waals surface area contributed by atoms with Crippen LogP contribution in [0, 0.1) is 6.92 Å². The van der Waals surface area contributed by atoms with Crippen molar-refractivity contribution in [3.63, 3.8) is 0 Å². The van der Waals surface area contributed by atoms with Crippen LogP contribution in [0.2, 0.25) is 5.02 Å². The summed E-state index contributed by atoms with van der Waals surface area (Å²) in [6.07, 6.45) is -3.23. The number of pyridine rings is 1. The minimum atomic E-state index is -2.74. The zero-order chi connectivity index (χ0) is 15.9. The number of hydrogen-bond donors (Lipinski definition) is 0. The lowest BCUT2D eigenvalue weighted by atomic mass is 10.1. The van der Waals surface area contributed by atoms with Gasteiger partial charge < -0.3 is 4.74 Å². The van der Waals surface area contributed by atoms with E-state index in [4.69, 9.17) is 16.3 Å². The number of rotatable bonds is 1. The van der Waals surface area contributed by atoms with Gasteiger partial charge in [0, 0.05) is 0 Å². The summed E-state index contributed by atoms with van der Waals surface area (Å²) in [7, 11) is 0. The van der Waals surface area contributed by atoms with Crippen molar-refractivity contribution in [2.75, 3.05) is 0 Å². The van der Waals surface area contributed by atoms with E-state index >= 15 is 0 Å². The average molecular weight is 319 g/mol. The third kappa shape index (κ3) is 3.26. The molecule has 1 aromatic heterocycles. The average Bonchev–Trinajstić information content (AvgIpc) is 2.75. The molecule has 0 bridgehead atoms. The molecule has 0 aromatic carbocycles. The second kappa shape index (κ2) is 5.40. The van der Waals surface area contributed by atoms with Gasteiger partial charge in [0.2, 0.25) is 0 Å². The van der Waals surface area contributed by atoms with Crippen molar-refractivity contribution < 1.29 is 18.3 Å². The van der Waals surface area contributed by atoms with Gasteiger partial charge in [-0.1, -0.05) is 11.6 Å². The molecule has 0 atom stereocenters. The van der Waals surface area contributed by atoms with Gasteiger partial charge in [0.25, 0.3) is 6.43 Å². The number of hydrogen-bond acceptors (Lipinski definition) is 3. The molecule has 1 aromatic rings. The third-order valence-corrected chi connectivity index (χ3v) is 3.64. The van der Waals surface area contributed by atoms with Crippen LogP contribution < -0.4 is 0 Å². The first-order chi connectivity index (χ1) is 9.60. The number of amides is 1. The van der Waals surface area contributed by atoms with Crippen molar-refractivity contribution >= 4 is 17.7 Å². The Morgan fingerprint density at radius 2 is 2.00 bits per heavy atom. The lowest BCUT2D eigenvalue weighted by molar-refractivity contribution is 0.0240. The summed E-state index contributed by atoms with van der Waals surface area (Å²) in [6.45, 7) is 7.39. The smallest absolute Gasteiger partial charge is 0.410 e. The van der Waals surface area contributed by atoms with Gasteiger partial charge in [-0.15, -0.1) is 0 Å². The molecule has 0 fully saturated rings. The second-order valence-corrected chi connectivity index (χ2v) is 6.38. The van der Waals surface area contributed by atoms with Gasteiger partial charge in [-0.2, -0.15) is 0 Å². The van der Waals surface area contributed by atoms with E-state index < -0.39 is 23.8 Å². The molecular weight excluding hydrogens is 302 g/mol. The molecule has 2 rings (SSSR count). The minimum absolute atomic E-state index is 0.0326. The van der Waals surface area contributed by atoms with E-state index in [0.29, 0.717) is 11.3 Å². The van der Waals surface area contributed by atoms with E-state index in [2.05, 4.69) is 4.98 Å². The first-order valence-electron chi connectivity index (χ1n) is 6.54. The molecule has 0 aliphatic carbocycles. The van der Waals surface area contributed by atoms with Crippen LogP contribution >= 0.6 is 11.6 Å². The van der Waals surface area contributed by atoms with Crippen molar-refractivity contribution in [3.8, 4) is 0 Å². The van der Waals surface area contributed by atoms with Crippen LogP contribution in [0.5, 0.6) is 0 Å². The van der Waals surface area contributed by atoms with E-state index in [1.54, 1.807) is 27.7 Å². The molecule has 0 unspecified atom stereocenters. The van der Waals surface area contributed by atoms with Crippen LogP contribution in [0.4, 0.5) is 13.6 Å². The molecule has 4 nitrogen and oxygen atoms in total. The van der Waals surface area contributed by atoms with Crippen LogP contribution in [0.3, 0.4) is 0 Å². The molecular formula is C14H17ClF2N2O2. The molecule has 0 radical (unpaired) electrons. The highest BCUT2D eigenvalue weighted by Gasteiger charge is 2.32. The van der Waals surface area contributed by atoms with Gasteiger partial charge in [0.15, 0.2) is 0 Å². The highest BCUT2D eigenvalue weighted by molar-refractivity contribution is 6.32. The molecule has 1 amide bonds. The summed E-state index contributed by atoms with van der Waals surface area (Å²) in [6, 6.07) is 0. The first-order valence-corrected chi connectivity index (χ1v) is 6.91. The lowest BCUT2D eigenvalue weighted by Gasteiger charge is -2.24. The highest BCUT2D eigenvalue weighted by atomic mass is 35.5. The van der Waals surface area contributed by atoms with Crippen molar-refractivity contribution in [1.82, 2.24) is 9.88 Å². The SMILES string of the molecule is Cc1c(Cl)c(C(F)F)nc2c1CN(C(=O)OC(C)(C)C)C2. The van der Waals surface area contributed by atoms with Crippen LogP contribution in [0.1, 0.15) is 49.7 Å². The van der Waals surface area contributed by atoms with E-state index in [9.17, 15) is 13.6 Å². The van der Waals surface area contributed by atoms with Gasteiger partial charge in [-0.05, 0) is 38.8 Å². The Labute approximate surface area is 127 Å². The number of halogens is 3. The Bertz CT molecular complexity index is 585. The number of carbonyl (C=O) groups is 1. The quantitative estimate of drug-likeness (QED) is 0.778. The Morgan fingerprint density at radius 1 is 1.38 bits per heavy atom. The normalized spacial score (nSPS) is 14.6. The molecule has 1 aliphatic rings. The van der Waals surface area contributed by atoms with Gasteiger partial charge in [0.05, 0.1) is 23.8 Å². The molecule has 0 saturated heterocycles. The van der Waals surface area contributed by atoms with Crippen LogP contribution in [0.25, 0.3) is 0 Å². The fraction of sp³-hybridized carbons (Fsp3) is 0.571. The summed E-state index contributed by atoms with van der Waals surface area (Å²) in [5.41, 5.74) is 0.676. The Kier molecular flexibility index (Phi) is 4.10. The zero-order valence-corrected chi connectivity index (χ0v) is 13.1. The van der Waals surface area contributed by atoms with Crippen molar-refractivity contribution in [3.05, 3.63) is 27.5 Å². The minimum Gasteiger partial charge on any atom is -0.444 e. The maximum Gasteiger partial charge on any atom is 0.410 e. The van der Waals surface area contributed by atoms with Crippen molar-refractivity contribution in [2.24, 2.45) is 0 Å². The number of ether oxygens (including phenoxy) is 1. The first kappa shape index (κ1) is 15.9. The van der Waals surface area contributed by atoms with Crippen LogP contribution in [-0.2, 0) is 17.8 Å². The Hall–Kier alpha value is -1.43. The van der Waals surface area contributed by atoms with Crippen molar-refractivity contribution in [2.45, 2.75) is 52.8 Å². The van der Waals surface area contributed by atoms with E-state index in [1.807, 2.05) is 0 Å². The molecule has 2 heterocycles. The van der Waals surface area contributed by atoms with Gasteiger partial charge in [0.1, 0.15) is 11.3 Å². The fourth-order valence-electron chi connectivity index (χ4n) is 2.17. The van der Waals surface area contributed by atoms with Gasteiger partial charge >= 0.3 is 6.09 Å². The lowest BCUT2D eigenvalue weighted by Crippen LogP contribution is -2.33. The zero-order valence-electron chi connectivity index (χ0n) is 12.3. The van der Waals surface area contributed by atoms with E-state index in [0.717, 1.165) is 5.56 Å². The van der Waals surface area contributed by atoms with Crippen LogP contribution in [0.15, 0.2) is 0 Å². The molecule has 0 N–H and O–H groups in total. The number of alkyl halides is 2. The van der Waals surface area contributed by atoms with Gasteiger partial charge in [-0.3, -0.25) is 4.90 Å². The third-order valence-electron chi connectivity index (χ3n) is 3.16. The summed E-state index contributed by atoms with van der Waals surface area (Å²) in [5, 5.41) is -0.0326. The highest BCUT2D eigenvalue weighted by Crippen LogP contribution is 2.35. The summed E-state index contributed by atoms with van der Waals surface area (Å²) in [4.78, 5) is 17.4. The molecule has 21 heavy (non-hydrogen) atoms. The second-order valence-electron chi connectivity index (χ2n) is 6.00. The maximum atomic E-state index is 12.9. The predicted octanol–water partition coefficient (Wildman–Crippen LogP) is 4.23. The molecule has 116 valence electrons. The Morgan fingerprint density at radius 3 is 2.52 bits per heavy atom. The molecule has 7 heteroatoms. The summed E-state index contributed by atoms with van der Waals surface area (Å²) in [5.74, 6) is 0. The summed E-state index contributed by atoms with van der Waals surface area (Å²) >= 11 is 5.93. The fourth-order valence-corrected chi connectivity index (χ4v) is 2.41. The maximum absolute atomic E-state index is 12.9. The number of carbonyl (C=O) groups excluding carboxylic acids is 1. The standard InChI is InChI=1S/C14H17ClF2N2O2/c1-7-8-5-19(13(20)21-14(2,3)4)6-9(8)18-11(10(7)15)12(16)17/h12H,5-6H2,1-4H3. The summed E-state index contributed by atoms with van der Waals surface area (Å²) < 4.78 is 31.1. The van der Waals surface area contributed by atoms with E-state index in [1.165, 1.54) is 4.90 Å². The predicted molar refractivity (Wildman–Crippen MR) is 74.4 cm³/mol. The monoisotopic (exact) mass is 318 g/mol. The number of aromatic nitrogens is 1. The molecule has 0 saturated carbocycles.